The Morgan fingerprint density at radius 2 is 1.88 bits per heavy atom. The Morgan fingerprint density at radius 3 is 2.48 bits per heavy atom. The van der Waals surface area contributed by atoms with E-state index in [2.05, 4.69) is 54.9 Å². The SMILES string of the molecule is CCCCN(Cc1cccn1Cc1cccc(C)c1)C(=O)CN(C(=O)C(C)(C)CCl)C(C)C. The fraction of sp³-hybridized carbons (Fsp3) is 0.556. The van der Waals surface area contributed by atoms with Gasteiger partial charge >= 0.3 is 0 Å². The monoisotopic (exact) mass is 473 g/mol. The van der Waals surface area contributed by atoms with Crippen molar-refractivity contribution >= 4 is 23.4 Å². The highest BCUT2D eigenvalue weighted by Gasteiger charge is 2.34. The van der Waals surface area contributed by atoms with E-state index in [1.807, 2.05) is 38.7 Å². The summed E-state index contributed by atoms with van der Waals surface area (Å²) in [6, 6.07) is 12.5. The van der Waals surface area contributed by atoms with Crippen molar-refractivity contribution < 1.29 is 9.59 Å². The lowest BCUT2D eigenvalue weighted by atomic mass is 9.93. The first-order valence-electron chi connectivity index (χ1n) is 11.9. The number of alkyl halides is 1. The molecule has 182 valence electrons. The second-order valence-corrected chi connectivity index (χ2v) is 10.1. The molecule has 1 aromatic heterocycles. The van der Waals surface area contributed by atoms with Crippen LogP contribution >= 0.6 is 11.6 Å². The fourth-order valence-corrected chi connectivity index (χ4v) is 3.89. The predicted octanol–water partition coefficient (Wildman–Crippen LogP) is 5.48. The van der Waals surface area contributed by atoms with Crippen LogP contribution in [0, 0.1) is 12.3 Å². The maximum absolute atomic E-state index is 13.4. The molecule has 0 unspecified atom stereocenters. The number of halogens is 1. The molecular weight excluding hydrogens is 434 g/mol. The van der Waals surface area contributed by atoms with Gasteiger partial charge in [-0.25, -0.2) is 0 Å². The smallest absolute Gasteiger partial charge is 0.242 e. The highest BCUT2D eigenvalue weighted by molar-refractivity contribution is 6.19. The van der Waals surface area contributed by atoms with Gasteiger partial charge in [0.1, 0.15) is 6.54 Å². The summed E-state index contributed by atoms with van der Waals surface area (Å²) in [6.45, 7) is 13.8. The molecule has 6 heteroatoms. The normalized spacial score (nSPS) is 11.6. The number of benzene rings is 1. The van der Waals surface area contributed by atoms with Crippen molar-refractivity contribution in [2.24, 2.45) is 5.41 Å². The summed E-state index contributed by atoms with van der Waals surface area (Å²) in [5.74, 6) is 0.105. The molecule has 0 aliphatic carbocycles. The number of aryl methyl sites for hydroxylation is 1. The van der Waals surface area contributed by atoms with E-state index in [0.717, 1.165) is 25.1 Å². The van der Waals surface area contributed by atoms with Gasteiger partial charge in [0.25, 0.3) is 0 Å². The molecule has 0 N–H and O–H groups in total. The summed E-state index contributed by atoms with van der Waals surface area (Å²) < 4.78 is 2.20. The van der Waals surface area contributed by atoms with Crippen LogP contribution in [0.1, 0.15) is 64.3 Å². The largest absolute Gasteiger partial charge is 0.345 e. The number of rotatable bonds is 12. The van der Waals surface area contributed by atoms with Crippen LogP contribution in [-0.2, 0) is 22.7 Å². The Balaban J connectivity index is 2.20. The third-order valence-corrected chi connectivity index (χ3v) is 6.62. The van der Waals surface area contributed by atoms with E-state index in [0.29, 0.717) is 13.1 Å². The van der Waals surface area contributed by atoms with Crippen molar-refractivity contribution in [3.63, 3.8) is 0 Å². The van der Waals surface area contributed by atoms with E-state index in [9.17, 15) is 9.59 Å². The highest BCUT2D eigenvalue weighted by atomic mass is 35.5. The minimum Gasteiger partial charge on any atom is -0.345 e. The minimum absolute atomic E-state index is 0.0285. The fourth-order valence-electron chi connectivity index (χ4n) is 3.77. The zero-order chi connectivity index (χ0) is 24.6. The Labute approximate surface area is 204 Å². The first kappa shape index (κ1) is 27.0. The molecule has 1 heterocycles. The van der Waals surface area contributed by atoms with Gasteiger partial charge in [-0.1, -0.05) is 43.2 Å². The molecule has 0 radical (unpaired) electrons. The van der Waals surface area contributed by atoms with Gasteiger partial charge in [0.15, 0.2) is 0 Å². The maximum atomic E-state index is 13.4. The average molecular weight is 474 g/mol. The van der Waals surface area contributed by atoms with Crippen LogP contribution in [0.5, 0.6) is 0 Å². The van der Waals surface area contributed by atoms with Crippen molar-refractivity contribution in [3.05, 3.63) is 59.4 Å². The number of amides is 2. The van der Waals surface area contributed by atoms with Crippen LogP contribution in [0.25, 0.3) is 0 Å². The lowest BCUT2D eigenvalue weighted by Gasteiger charge is -2.35. The highest BCUT2D eigenvalue weighted by Crippen LogP contribution is 2.22. The molecule has 0 aliphatic heterocycles. The maximum Gasteiger partial charge on any atom is 0.242 e. The number of carbonyl (C=O) groups is 2. The third-order valence-electron chi connectivity index (χ3n) is 5.95. The van der Waals surface area contributed by atoms with Crippen molar-refractivity contribution in [2.45, 2.75) is 73.5 Å². The van der Waals surface area contributed by atoms with Gasteiger partial charge in [0, 0.05) is 36.9 Å². The molecule has 0 fully saturated rings. The summed E-state index contributed by atoms with van der Waals surface area (Å²) in [5.41, 5.74) is 2.85. The van der Waals surface area contributed by atoms with Crippen molar-refractivity contribution in [1.82, 2.24) is 14.4 Å². The molecule has 2 amide bonds. The molecule has 5 nitrogen and oxygen atoms in total. The zero-order valence-electron chi connectivity index (χ0n) is 21.1. The first-order chi connectivity index (χ1) is 15.6. The van der Waals surface area contributed by atoms with E-state index >= 15 is 0 Å². The van der Waals surface area contributed by atoms with E-state index in [1.54, 1.807) is 4.90 Å². The summed E-state index contributed by atoms with van der Waals surface area (Å²) in [6.07, 6.45) is 3.99. The Morgan fingerprint density at radius 1 is 1.15 bits per heavy atom. The third kappa shape index (κ3) is 7.63. The Bertz CT molecular complexity index is 920. The van der Waals surface area contributed by atoms with Crippen molar-refractivity contribution in [3.8, 4) is 0 Å². The lowest BCUT2D eigenvalue weighted by molar-refractivity contribution is -0.147. The molecule has 2 rings (SSSR count). The second kappa shape index (κ2) is 12.3. The standard InChI is InChI=1S/C27H40ClN3O2/c1-7-8-14-30(25(32)19-31(21(2)3)26(33)27(5,6)20-28)18-24-13-10-15-29(24)17-23-12-9-11-22(4)16-23/h9-13,15-16,21H,7-8,14,17-20H2,1-6H3. The van der Waals surface area contributed by atoms with Gasteiger partial charge in [0.2, 0.25) is 11.8 Å². The molecule has 0 atom stereocenters. The number of unbranched alkanes of at least 4 members (excludes halogenated alkanes) is 1. The van der Waals surface area contributed by atoms with Gasteiger partial charge in [-0.2, -0.15) is 0 Å². The summed E-state index contributed by atoms with van der Waals surface area (Å²) in [5, 5.41) is 0. The number of carbonyl (C=O) groups excluding carboxylic acids is 2. The first-order valence-corrected chi connectivity index (χ1v) is 12.5. The molecule has 0 spiro atoms. The molecule has 0 saturated carbocycles. The molecule has 0 saturated heterocycles. The topological polar surface area (TPSA) is 45.6 Å². The average Bonchev–Trinajstić information content (AvgIpc) is 3.20. The van der Waals surface area contributed by atoms with E-state index in [1.165, 1.54) is 11.1 Å². The van der Waals surface area contributed by atoms with Crippen LogP contribution in [0.4, 0.5) is 0 Å². The molecule has 0 bridgehead atoms. The Kier molecular flexibility index (Phi) is 10.0. The number of hydrogen-bond donors (Lipinski definition) is 0. The zero-order valence-corrected chi connectivity index (χ0v) is 21.9. The number of nitrogens with zero attached hydrogens (tertiary/aromatic N) is 3. The van der Waals surface area contributed by atoms with E-state index < -0.39 is 5.41 Å². The summed E-state index contributed by atoms with van der Waals surface area (Å²) >= 11 is 6.05. The van der Waals surface area contributed by atoms with Crippen molar-refractivity contribution in [1.29, 1.82) is 0 Å². The van der Waals surface area contributed by atoms with Gasteiger partial charge in [-0.05, 0) is 58.7 Å². The van der Waals surface area contributed by atoms with Gasteiger partial charge in [0.05, 0.1) is 12.0 Å². The molecule has 0 aliphatic rings. The summed E-state index contributed by atoms with van der Waals surface area (Å²) in [7, 11) is 0. The van der Waals surface area contributed by atoms with Gasteiger partial charge in [-0.3, -0.25) is 9.59 Å². The van der Waals surface area contributed by atoms with E-state index in [4.69, 9.17) is 11.6 Å². The molecule has 33 heavy (non-hydrogen) atoms. The minimum atomic E-state index is -0.705. The number of aromatic nitrogens is 1. The molecule has 1 aromatic carbocycles. The van der Waals surface area contributed by atoms with Crippen LogP contribution in [0.2, 0.25) is 0 Å². The van der Waals surface area contributed by atoms with Gasteiger partial charge < -0.3 is 14.4 Å². The quantitative estimate of drug-likeness (QED) is 0.383. The number of hydrogen-bond acceptors (Lipinski definition) is 2. The molecule has 2 aromatic rings. The molecular formula is C27H40ClN3O2. The van der Waals surface area contributed by atoms with Crippen LogP contribution in [-0.4, -0.2) is 51.2 Å². The second-order valence-electron chi connectivity index (χ2n) is 9.83. The van der Waals surface area contributed by atoms with Gasteiger partial charge in [-0.15, -0.1) is 11.6 Å². The predicted molar refractivity (Wildman–Crippen MR) is 136 cm³/mol. The lowest BCUT2D eigenvalue weighted by Crippen LogP contribution is -2.50. The van der Waals surface area contributed by atoms with Crippen LogP contribution < -0.4 is 0 Å². The van der Waals surface area contributed by atoms with Crippen molar-refractivity contribution in [2.75, 3.05) is 19.0 Å². The summed E-state index contributed by atoms with van der Waals surface area (Å²) in [4.78, 5) is 30.0. The van der Waals surface area contributed by atoms with E-state index in [-0.39, 0.29) is 30.3 Å². The van der Waals surface area contributed by atoms with Crippen LogP contribution in [0.3, 0.4) is 0 Å². The van der Waals surface area contributed by atoms with Crippen LogP contribution in [0.15, 0.2) is 42.6 Å². The Hall–Kier alpha value is -2.27.